The smallest absolute Gasteiger partial charge is 0.294 e. The summed E-state index contributed by atoms with van der Waals surface area (Å²) < 4.78 is 5.33. The van der Waals surface area contributed by atoms with Gasteiger partial charge in [0.15, 0.2) is 11.5 Å². The van der Waals surface area contributed by atoms with E-state index in [2.05, 4.69) is 5.32 Å². The second-order valence-electron chi connectivity index (χ2n) is 6.65. The molecule has 1 aliphatic rings. The van der Waals surface area contributed by atoms with Crippen molar-refractivity contribution in [1.29, 1.82) is 0 Å². The molecule has 9 heteroatoms. The summed E-state index contributed by atoms with van der Waals surface area (Å²) in [7, 11) is 0. The molecule has 0 radical (unpaired) electrons. The molecule has 2 N–H and O–H groups in total. The highest BCUT2D eigenvalue weighted by Gasteiger charge is 2.36. The van der Waals surface area contributed by atoms with E-state index in [1.807, 2.05) is 19.1 Å². The van der Waals surface area contributed by atoms with E-state index < -0.39 is 23.6 Å². The number of rotatable bonds is 7. The van der Waals surface area contributed by atoms with Crippen LogP contribution in [0.4, 0.5) is 10.5 Å². The van der Waals surface area contributed by atoms with E-state index in [9.17, 15) is 19.5 Å². The van der Waals surface area contributed by atoms with Crippen molar-refractivity contribution in [2.24, 2.45) is 0 Å². The van der Waals surface area contributed by atoms with Crippen LogP contribution >= 0.6 is 23.4 Å². The number of anilines is 1. The first kappa shape index (κ1) is 22.7. The van der Waals surface area contributed by atoms with Crippen molar-refractivity contribution in [3.63, 3.8) is 0 Å². The topological polar surface area (TPSA) is 95.9 Å². The molecular formula is C22H21ClN2O5S. The molecule has 0 spiro atoms. The summed E-state index contributed by atoms with van der Waals surface area (Å²) in [5.74, 6) is -1.07. The number of nitrogens with zero attached hydrogens (tertiary/aromatic N) is 1. The highest BCUT2D eigenvalue weighted by molar-refractivity contribution is 8.18. The lowest BCUT2D eigenvalue weighted by Crippen LogP contribution is -2.36. The maximum absolute atomic E-state index is 12.7. The van der Waals surface area contributed by atoms with E-state index in [-0.39, 0.29) is 21.4 Å². The quantitative estimate of drug-likeness (QED) is 0.582. The summed E-state index contributed by atoms with van der Waals surface area (Å²) in [6, 6.07) is 10.3. The highest BCUT2D eigenvalue weighted by Crippen LogP contribution is 2.38. The van der Waals surface area contributed by atoms with Crippen molar-refractivity contribution >= 4 is 52.2 Å². The number of hydrogen-bond donors (Lipinski definition) is 2. The second kappa shape index (κ2) is 9.89. The van der Waals surface area contributed by atoms with Gasteiger partial charge in [0.1, 0.15) is 6.54 Å². The molecule has 1 saturated heterocycles. The number of thioether (sulfide) groups is 1. The molecule has 1 aliphatic heterocycles. The Morgan fingerprint density at radius 1 is 1.23 bits per heavy atom. The number of phenols is 1. The zero-order valence-electron chi connectivity index (χ0n) is 17.0. The van der Waals surface area contributed by atoms with Crippen molar-refractivity contribution in [2.75, 3.05) is 18.5 Å². The molecule has 0 atom stereocenters. The largest absolute Gasteiger partial charge is 0.503 e. The molecular weight excluding hydrogens is 440 g/mol. The van der Waals surface area contributed by atoms with Gasteiger partial charge in [-0.3, -0.25) is 19.3 Å². The van der Waals surface area contributed by atoms with Crippen molar-refractivity contribution in [1.82, 2.24) is 4.90 Å². The number of ether oxygens (including phenoxy) is 1. The number of amides is 3. The molecule has 0 aliphatic carbocycles. The molecule has 3 amide bonds. The predicted molar refractivity (Wildman–Crippen MR) is 121 cm³/mol. The molecule has 0 saturated carbocycles. The number of carbonyl (C=O) groups is 3. The first-order valence-electron chi connectivity index (χ1n) is 9.61. The molecule has 0 aromatic heterocycles. The Balaban J connectivity index is 1.72. The SMILES string of the molecule is CCOc1cc(/C=C2\SC(=O)N(CC(=O)Nc3ccc(CC)cc3)C2=O)cc(Cl)c1O. The van der Waals surface area contributed by atoms with E-state index in [4.69, 9.17) is 16.3 Å². The number of nitrogens with one attached hydrogen (secondary N) is 1. The first-order chi connectivity index (χ1) is 14.8. The second-order valence-corrected chi connectivity index (χ2v) is 8.05. The maximum Gasteiger partial charge on any atom is 0.294 e. The lowest BCUT2D eigenvalue weighted by Gasteiger charge is -2.12. The fourth-order valence-corrected chi connectivity index (χ4v) is 3.96. The standard InChI is InChI=1S/C22H21ClN2O5S/c1-3-13-5-7-15(8-6-13)24-19(26)12-25-21(28)18(31-22(25)29)11-14-9-16(23)20(27)17(10-14)30-4-2/h5-11,27H,3-4,12H2,1-2H3,(H,24,26)/b18-11-. The molecule has 1 fully saturated rings. The molecule has 2 aromatic rings. The van der Waals surface area contributed by atoms with Gasteiger partial charge in [0.2, 0.25) is 5.91 Å². The fourth-order valence-electron chi connectivity index (χ4n) is 2.90. The third-order valence-electron chi connectivity index (χ3n) is 4.47. The molecule has 7 nitrogen and oxygen atoms in total. The minimum absolute atomic E-state index is 0.0601. The van der Waals surface area contributed by atoms with Crippen LogP contribution in [0.15, 0.2) is 41.3 Å². The van der Waals surface area contributed by atoms with Gasteiger partial charge in [0, 0.05) is 5.69 Å². The van der Waals surface area contributed by atoms with Crippen LogP contribution in [0.2, 0.25) is 5.02 Å². The van der Waals surface area contributed by atoms with Gasteiger partial charge in [-0.25, -0.2) is 0 Å². The Morgan fingerprint density at radius 2 is 1.94 bits per heavy atom. The van der Waals surface area contributed by atoms with Crippen LogP contribution in [0, 0.1) is 0 Å². The number of hydrogen-bond acceptors (Lipinski definition) is 6. The number of phenolic OH excluding ortho intramolecular Hbond substituents is 1. The lowest BCUT2D eigenvalue weighted by molar-refractivity contribution is -0.127. The molecule has 0 bridgehead atoms. The van der Waals surface area contributed by atoms with E-state index in [1.165, 1.54) is 18.2 Å². The van der Waals surface area contributed by atoms with Crippen LogP contribution < -0.4 is 10.1 Å². The number of aromatic hydroxyl groups is 1. The van der Waals surface area contributed by atoms with E-state index in [0.29, 0.717) is 17.9 Å². The third kappa shape index (κ3) is 5.39. The first-order valence-corrected chi connectivity index (χ1v) is 10.8. The number of benzene rings is 2. The van der Waals surface area contributed by atoms with E-state index in [0.717, 1.165) is 28.6 Å². The summed E-state index contributed by atoms with van der Waals surface area (Å²) in [5, 5.41) is 12.1. The van der Waals surface area contributed by atoms with Gasteiger partial charge in [0.25, 0.3) is 11.1 Å². The van der Waals surface area contributed by atoms with E-state index >= 15 is 0 Å². The van der Waals surface area contributed by atoms with Crippen molar-refractivity contribution < 1.29 is 24.2 Å². The summed E-state index contributed by atoms with van der Waals surface area (Å²) in [6.07, 6.45) is 2.36. The Bertz CT molecular complexity index is 1050. The Labute approximate surface area is 189 Å². The van der Waals surface area contributed by atoms with Gasteiger partial charge >= 0.3 is 0 Å². The van der Waals surface area contributed by atoms with Crippen molar-refractivity contribution in [3.05, 3.63) is 57.5 Å². The molecule has 2 aromatic carbocycles. The number of imide groups is 1. The zero-order chi connectivity index (χ0) is 22.5. The van der Waals surface area contributed by atoms with Crippen molar-refractivity contribution in [2.45, 2.75) is 20.3 Å². The molecule has 162 valence electrons. The van der Waals surface area contributed by atoms with Gasteiger partial charge in [-0.1, -0.05) is 30.7 Å². The molecule has 0 unspecified atom stereocenters. The van der Waals surface area contributed by atoms with Crippen LogP contribution in [0.5, 0.6) is 11.5 Å². The minimum Gasteiger partial charge on any atom is -0.503 e. The van der Waals surface area contributed by atoms with Gasteiger partial charge in [-0.2, -0.15) is 0 Å². The monoisotopic (exact) mass is 460 g/mol. The van der Waals surface area contributed by atoms with E-state index in [1.54, 1.807) is 19.1 Å². The summed E-state index contributed by atoms with van der Waals surface area (Å²) in [4.78, 5) is 38.3. The average molecular weight is 461 g/mol. The van der Waals surface area contributed by atoms with Gasteiger partial charge < -0.3 is 15.2 Å². The molecule has 1 heterocycles. The number of carbonyl (C=O) groups excluding carboxylic acids is 3. The van der Waals surface area contributed by atoms with Crippen LogP contribution in [0.3, 0.4) is 0 Å². The Morgan fingerprint density at radius 3 is 2.58 bits per heavy atom. The van der Waals surface area contributed by atoms with Crippen molar-refractivity contribution in [3.8, 4) is 11.5 Å². The normalized spacial score (nSPS) is 14.9. The van der Waals surface area contributed by atoms with Crippen LogP contribution in [0.25, 0.3) is 6.08 Å². The predicted octanol–water partition coefficient (Wildman–Crippen LogP) is 4.68. The maximum atomic E-state index is 12.7. The minimum atomic E-state index is -0.575. The highest BCUT2D eigenvalue weighted by atomic mass is 35.5. The zero-order valence-corrected chi connectivity index (χ0v) is 18.5. The van der Waals surface area contributed by atoms with Crippen LogP contribution in [0.1, 0.15) is 25.0 Å². The Kier molecular flexibility index (Phi) is 7.25. The Hall–Kier alpha value is -2.97. The van der Waals surface area contributed by atoms with Gasteiger partial charge in [-0.15, -0.1) is 0 Å². The lowest BCUT2D eigenvalue weighted by atomic mass is 10.1. The summed E-state index contributed by atoms with van der Waals surface area (Å²) >= 11 is 6.75. The molecule has 3 rings (SSSR count). The summed E-state index contributed by atoms with van der Waals surface area (Å²) in [6.45, 7) is 3.72. The number of halogens is 1. The van der Waals surface area contributed by atoms with Gasteiger partial charge in [0.05, 0.1) is 16.5 Å². The third-order valence-corrected chi connectivity index (χ3v) is 5.67. The fraction of sp³-hybridized carbons (Fsp3) is 0.227. The number of aryl methyl sites for hydroxylation is 1. The van der Waals surface area contributed by atoms with Crippen LogP contribution in [-0.4, -0.2) is 40.2 Å². The molecule has 31 heavy (non-hydrogen) atoms. The van der Waals surface area contributed by atoms with Crippen LogP contribution in [-0.2, 0) is 16.0 Å². The van der Waals surface area contributed by atoms with Gasteiger partial charge in [-0.05, 0) is 66.6 Å². The average Bonchev–Trinajstić information content (AvgIpc) is 2.99. The summed E-state index contributed by atoms with van der Waals surface area (Å²) in [5.41, 5.74) is 2.21.